The van der Waals surface area contributed by atoms with Gasteiger partial charge in [-0.05, 0) is 50.1 Å². The third kappa shape index (κ3) is 8.31. The number of phosphoric ester groups is 2. The Morgan fingerprint density at radius 1 is 0.852 bits per heavy atom. The number of hydrogen-bond acceptors (Lipinski definition) is 18. The van der Waals surface area contributed by atoms with Gasteiger partial charge in [0.15, 0.2) is 51.7 Å². The van der Waals surface area contributed by atoms with Crippen LogP contribution in [-0.2, 0) is 45.6 Å². The lowest BCUT2D eigenvalue weighted by Gasteiger charge is -2.46. The lowest BCUT2D eigenvalue weighted by Crippen LogP contribution is -2.58. The first-order chi connectivity index (χ1) is 27.9. The lowest BCUT2D eigenvalue weighted by atomic mass is 9.95. The zero-order valence-electron chi connectivity index (χ0n) is 36.2. The fourth-order valence-electron chi connectivity index (χ4n) is 7.19. The topological polar surface area (TPSA) is 308 Å². The molecular weight excluding hydrogens is 875 g/mol. The Hall–Kier alpha value is -3.01. The highest BCUT2D eigenvalue weighted by atomic mass is 31.2. The Balaban J connectivity index is 1.36. The van der Waals surface area contributed by atoms with Crippen LogP contribution < -0.4 is 17.0 Å². The van der Waals surface area contributed by atoms with Gasteiger partial charge < -0.3 is 39.6 Å². The lowest BCUT2D eigenvalue weighted by molar-refractivity contribution is -0.117. The predicted molar refractivity (Wildman–Crippen MR) is 225 cm³/mol. The summed E-state index contributed by atoms with van der Waals surface area (Å²) in [7, 11) is -16.1. The number of nitrogen functional groups attached to an aromatic ring is 2. The molecule has 61 heavy (non-hydrogen) atoms. The Labute approximate surface area is 353 Å². The van der Waals surface area contributed by atoms with Crippen LogP contribution in [-0.4, -0.2) is 114 Å². The number of nitrogens with zero attached hydrogens (tertiary/aromatic N) is 7. The van der Waals surface area contributed by atoms with Crippen LogP contribution in [0.15, 0.2) is 23.8 Å². The molecule has 0 aliphatic carbocycles. The third-order valence-electron chi connectivity index (χ3n) is 12.6. The summed E-state index contributed by atoms with van der Waals surface area (Å²) >= 11 is 0. The molecule has 7 N–H and O–H groups in total. The van der Waals surface area contributed by atoms with Gasteiger partial charge in [0.2, 0.25) is 5.95 Å². The number of rotatable bonds is 6. The van der Waals surface area contributed by atoms with Crippen molar-refractivity contribution in [1.82, 2.24) is 39.0 Å². The van der Waals surface area contributed by atoms with Crippen LogP contribution in [0.2, 0.25) is 36.3 Å². The van der Waals surface area contributed by atoms with Crippen LogP contribution >= 0.6 is 15.6 Å². The van der Waals surface area contributed by atoms with Gasteiger partial charge in [-0.25, -0.2) is 29.1 Å². The van der Waals surface area contributed by atoms with Gasteiger partial charge in [-0.15, -0.1) is 0 Å². The minimum atomic E-state index is -5.23. The van der Waals surface area contributed by atoms with Crippen molar-refractivity contribution in [3.05, 3.63) is 29.3 Å². The number of fused-ring (bicyclic) bond motifs is 5. The molecule has 0 aromatic carbocycles. The maximum absolute atomic E-state index is 14.5. The molecule has 10 atom stereocenters. The summed E-state index contributed by atoms with van der Waals surface area (Å²) in [6.45, 7) is 21.5. The number of ether oxygens (including phenoxy) is 2. The molecule has 0 amide bonds. The summed E-state index contributed by atoms with van der Waals surface area (Å²) in [6, 6.07) is 0. The minimum absolute atomic E-state index is 0.0466. The normalized spacial score (nSPS) is 34.6. The molecule has 4 aromatic rings. The van der Waals surface area contributed by atoms with Crippen molar-refractivity contribution < 1.29 is 55.3 Å². The summed E-state index contributed by atoms with van der Waals surface area (Å²) < 4.78 is 82.8. The molecule has 27 heteroatoms. The minimum Gasteiger partial charge on any atom is -0.406 e. The Bertz CT molecular complexity index is 2490. The maximum Gasteiger partial charge on any atom is 0.472 e. The first-order valence-electron chi connectivity index (χ1n) is 19.6. The molecule has 2 bridgehead atoms. The number of nitrogens with one attached hydrogen (secondary N) is 1. The highest BCUT2D eigenvalue weighted by Gasteiger charge is 2.64. The van der Waals surface area contributed by atoms with Gasteiger partial charge in [-0.2, -0.15) is 4.98 Å². The van der Waals surface area contributed by atoms with Gasteiger partial charge in [-0.1, -0.05) is 41.5 Å². The van der Waals surface area contributed by atoms with Crippen molar-refractivity contribution >= 4 is 66.4 Å². The van der Waals surface area contributed by atoms with Gasteiger partial charge in [0.25, 0.3) is 5.56 Å². The summed E-state index contributed by atoms with van der Waals surface area (Å²) in [6.07, 6.45) is -4.27. The molecule has 4 aromatic heterocycles. The van der Waals surface area contributed by atoms with E-state index in [-0.39, 0.29) is 39.1 Å². The second kappa shape index (κ2) is 15.0. The van der Waals surface area contributed by atoms with E-state index in [0.29, 0.717) is 0 Å². The van der Waals surface area contributed by atoms with Gasteiger partial charge in [0.1, 0.15) is 47.5 Å². The summed E-state index contributed by atoms with van der Waals surface area (Å²) in [5.74, 6) is -0.141. The molecule has 23 nitrogen and oxygen atoms in total. The molecular formula is C34H56N10O13P2Si2. The average molecular weight is 931 g/mol. The predicted octanol–water partition coefficient (Wildman–Crippen LogP) is 4.50. The van der Waals surface area contributed by atoms with Crippen LogP contribution in [0.3, 0.4) is 0 Å². The van der Waals surface area contributed by atoms with Crippen LogP contribution in [0.1, 0.15) is 67.8 Å². The van der Waals surface area contributed by atoms with E-state index < -0.39 is 104 Å². The molecule has 10 unspecified atom stereocenters. The van der Waals surface area contributed by atoms with E-state index in [1.54, 1.807) is 6.92 Å². The Morgan fingerprint density at radius 3 is 2.08 bits per heavy atom. The van der Waals surface area contributed by atoms with Gasteiger partial charge >= 0.3 is 15.6 Å². The van der Waals surface area contributed by atoms with E-state index in [1.807, 2.05) is 67.7 Å². The smallest absolute Gasteiger partial charge is 0.406 e. The zero-order chi connectivity index (χ0) is 45.1. The third-order valence-corrected chi connectivity index (χ3v) is 23.6. The van der Waals surface area contributed by atoms with Crippen molar-refractivity contribution in [1.29, 1.82) is 0 Å². The fraction of sp³-hybridized carbons (Fsp3) is 0.706. The van der Waals surface area contributed by atoms with Crippen LogP contribution in [0.4, 0.5) is 11.8 Å². The Morgan fingerprint density at radius 2 is 1.44 bits per heavy atom. The van der Waals surface area contributed by atoms with Crippen molar-refractivity contribution in [3.63, 3.8) is 0 Å². The molecule has 7 rings (SSSR count). The zero-order valence-corrected chi connectivity index (χ0v) is 40.0. The second-order valence-corrected chi connectivity index (χ2v) is 31.4. The second-order valence-electron chi connectivity index (χ2n) is 19.1. The standard InChI is InChI=1S/C34H56N10O13P2Si2/c1-31(2,3)60(9,10)56-21-22-33(7,53-28(21)43-16-39-19-24(35)37-15-38-25(19)43)14-51-59(48,49)55-23-29(44-17-40-20-26(44)41-30(36)42-27(20)45)52-18(13-50-58(46,47)54-22)34(23,8)57-61(11,12)32(4,5)6/h15-18,21-23,28-29H,13-14H2,1-12H3,(H,46,47)(H,48,49)(H2,35,37,38)(H3,36,41,42,45). The van der Waals surface area contributed by atoms with Crippen LogP contribution in [0.25, 0.3) is 22.3 Å². The van der Waals surface area contributed by atoms with E-state index in [1.165, 1.54) is 35.0 Å². The molecule has 3 aliphatic rings. The van der Waals surface area contributed by atoms with Crippen molar-refractivity contribution in [2.75, 3.05) is 24.7 Å². The van der Waals surface area contributed by atoms with E-state index in [0.717, 1.165) is 0 Å². The summed E-state index contributed by atoms with van der Waals surface area (Å²) in [5, 5.41) is -0.810. The first-order valence-corrected chi connectivity index (χ1v) is 28.4. The summed E-state index contributed by atoms with van der Waals surface area (Å²) in [5.41, 5.74) is 8.20. The highest BCUT2D eigenvalue weighted by Crippen LogP contribution is 2.59. The number of aromatic amines is 1. The average Bonchev–Trinajstić information content (AvgIpc) is 3.85. The molecule has 0 saturated carbocycles. The Kier molecular flexibility index (Phi) is 11.3. The molecule has 0 radical (unpaired) electrons. The summed E-state index contributed by atoms with van der Waals surface area (Å²) in [4.78, 5) is 60.0. The van der Waals surface area contributed by atoms with Crippen LogP contribution in [0, 0.1) is 0 Å². The number of hydrogen-bond donors (Lipinski definition) is 5. The van der Waals surface area contributed by atoms with Gasteiger partial charge in [-0.3, -0.25) is 37.0 Å². The number of H-pyrrole nitrogens is 1. The molecule has 3 aliphatic heterocycles. The van der Waals surface area contributed by atoms with Gasteiger partial charge in [0, 0.05) is 0 Å². The molecule has 0 spiro atoms. The number of phosphoric acid groups is 2. The van der Waals surface area contributed by atoms with Crippen LogP contribution in [0.5, 0.6) is 0 Å². The van der Waals surface area contributed by atoms with Crippen molar-refractivity contribution in [3.8, 4) is 0 Å². The quantitative estimate of drug-likeness (QED) is 0.131. The van der Waals surface area contributed by atoms with Gasteiger partial charge in [0.05, 0.1) is 25.9 Å². The molecule has 7 heterocycles. The number of anilines is 2. The van der Waals surface area contributed by atoms with Crippen molar-refractivity contribution in [2.24, 2.45) is 0 Å². The van der Waals surface area contributed by atoms with Crippen molar-refractivity contribution in [2.45, 2.75) is 140 Å². The van der Waals surface area contributed by atoms with E-state index in [2.05, 4.69) is 29.9 Å². The van der Waals surface area contributed by atoms with E-state index in [9.17, 15) is 23.7 Å². The molecule has 3 fully saturated rings. The number of imidazole rings is 2. The number of aromatic nitrogens is 8. The first kappa shape index (κ1) is 46.0. The maximum atomic E-state index is 14.5. The monoisotopic (exact) mass is 930 g/mol. The molecule has 3 saturated heterocycles. The largest absolute Gasteiger partial charge is 0.472 e. The van der Waals surface area contributed by atoms with E-state index in [4.69, 9.17) is 47.9 Å². The number of nitrogens with two attached hydrogens (primary N) is 2. The molecule has 338 valence electrons. The highest BCUT2D eigenvalue weighted by molar-refractivity contribution is 7.47. The SMILES string of the molecule is CC12COP(=O)(O)OC3C(n4cnc5c(=O)[nH]c(N)nc54)OC(COP(=O)(O)OC1C(O[Si](C)(C)C(C)(C)C)C(n1cnc4c(N)ncnc41)O2)C3(C)O[Si](C)(C)C(C)(C)C. The van der Waals surface area contributed by atoms with E-state index >= 15 is 0 Å². The fourth-order valence-corrected chi connectivity index (χ4v) is 12.2.